The average molecular weight is 348 g/mol. The second-order valence-corrected chi connectivity index (χ2v) is 6.18. The fourth-order valence-corrected chi connectivity index (χ4v) is 3.37. The minimum absolute atomic E-state index is 0. The Labute approximate surface area is 129 Å². The van der Waals surface area contributed by atoms with Crippen molar-refractivity contribution in [3.63, 3.8) is 0 Å². The lowest BCUT2D eigenvalue weighted by Crippen LogP contribution is -2.39. The molecule has 0 bridgehead atoms. The number of fused-ring (bicyclic) bond motifs is 1. The van der Waals surface area contributed by atoms with Gasteiger partial charge in [-0.15, -0.1) is 12.4 Å². The summed E-state index contributed by atoms with van der Waals surface area (Å²) in [5, 5.41) is 0. The Hall–Kier alpha value is -0.290. The van der Waals surface area contributed by atoms with E-state index in [1.54, 1.807) is 0 Å². The van der Waals surface area contributed by atoms with Gasteiger partial charge in [-0.1, -0.05) is 15.9 Å². The number of halogens is 2. The Morgan fingerprint density at radius 3 is 2.79 bits per heavy atom. The van der Waals surface area contributed by atoms with Gasteiger partial charge in [0.1, 0.15) is 5.75 Å². The Morgan fingerprint density at radius 1 is 1.32 bits per heavy atom. The third-order valence-electron chi connectivity index (χ3n) is 3.85. The molecule has 0 saturated carbocycles. The van der Waals surface area contributed by atoms with E-state index < -0.39 is 0 Å². The van der Waals surface area contributed by atoms with Gasteiger partial charge in [0.15, 0.2) is 0 Å². The maximum atomic E-state index is 5.95. The number of piperidine rings is 1. The molecule has 19 heavy (non-hydrogen) atoms. The van der Waals surface area contributed by atoms with Crippen molar-refractivity contribution < 1.29 is 4.74 Å². The Kier molecular flexibility index (Phi) is 5.12. The lowest BCUT2D eigenvalue weighted by Gasteiger charge is -2.30. The molecule has 0 spiro atoms. The highest BCUT2D eigenvalue weighted by Gasteiger charge is 2.21. The van der Waals surface area contributed by atoms with Crippen molar-refractivity contribution in [3.05, 3.63) is 27.7 Å². The molecule has 0 amide bonds. The molecule has 1 saturated heterocycles. The summed E-state index contributed by atoms with van der Waals surface area (Å²) in [4.78, 5) is 2.48. The quantitative estimate of drug-likeness (QED) is 0.894. The van der Waals surface area contributed by atoms with Crippen LogP contribution in [-0.2, 0) is 13.0 Å². The number of hydrogen-bond acceptors (Lipinski definition) is 3. The van der Waals surface area contributed by atoms with E-state index in [0.717, 1.165) is 55.7 Å². The highest BCUT2D eigenvalue weighted by Crippen LogP contribution is 2.34. The molecule has 3 nitrogen and oxygen atoms in total. The third kappa shape index (κ3) is 3.43. The van der Waals surface area contributed by atoms with Gasteiger partial charge in [0.05, 0.1) is 6.61 Å². The van der Waals surface area contributed by atoms with Crippen molar-refractivity contribution in [2.75, 3.05) is 19.7 Å². The van der Waals surface area contributed by atoms with Crippen LogP contribution < -0.4 is 10.5 Å². The molecule has 0 unspecified atom stereocenters. The van der Waals surface area contributed by atoms with Crippen molar-refractivity contribution >= 4 is 28.3 Å². The van der Waals surface area contributed by atoms with Crippen LogP contribution in [-0.4, -0.2) is 30.6 Å². The first kappa shape index (κ1) is 15.1. The number of likely N-dealkylation sites (tertiary alicyclic amines) is 1. The van der Waals surface area contributed by atoms with Crippen LogP contribution in [0.1, 0.15) is 24.0 Å². The van der Waals surface area contributed by atoms with Crippen LogP contribution in [0.25, 0.3) is 0 Å². The molecule has 1 fully saturated rings. The summed E-state index contributed by atoms with van der Waals surface area (Å²) in [6.07, 6.45) is 3.25. The van der Waals surface area contributed by atoms with Gasteiger partial charge in [0.2, 0.25) is 0 Å². The fraction of sp³-hybridized carbons (Fsp3) is 0.571. The lowest BCUT2D eigenvalue weighted by atomic mass is 10.0. The molecule has 5 heteroatoms. The van der Waals surface area contributed by atoms with Crippen LogP contribution in [0.5, 0.6) is 5.75 Å². The topological polar surface area (TPSA) is 38.5 Å². The molecule has 3 rings (SSSR count). The second-order valence-electron chi connectivity index (χ2n) is 5.27. The van der Waals surface area contributed by atoms with Gasteiger partial charge in [-0.05, 0) is 43.6 Å². The van der Waals surface area contributed by atoms with Gasteiger partial charge < -0.3 is 10.5 Å². The monoisotopic (exact) mass is 346 g/mol. The minimum Gasteiger partial charge on any atom is -0.493 e. The molecule has 0 aliphatic carbocycles. The minimum atomic E-state index is 0. The summed E-state index contributed by atoms with van der Waals surface area (Å²) in [7, 11) is 0. The summed E-state index contributed by atoms with van der Waals surface area (Å²) in [6.45, 7) is 4.00. The zero-order valence-electron chi connectivity index (χ0n) is 10.9. The number of nitrogens with zero attached hydrogens (tertiary/aromatic N) is 1. The molecule has 2 aliphatic rings. The van der Waals surface area contributed by atoms with E-state index in [0.29, 0.717) is 6.04 Å². The van der Waals surface area contributed by atoms with Gasteiger partial charge in [0, 0.05) is 29.0 Å². The molecular weight excluding hydrogens is 328 g/mol. The first-order valence-electron chi connectivity index (χ1n) is 6.64. The van der Waals surface area contributed by atoms with Gasteiger partial charge in [-0.2, -0.15) is 0 Å². The number of ether oxygens (including phenoxy) is 1. The normalized spacial score (nSPS) is 19.7. The van der Waals surface area contributed by atoms with Crippen LogP contribution in [0, 0.1) is 0 Å². The Balaban J connectivity index is 0.00000133. The zero-order valence-corrected chi connectivity index (χ0v) is 13.3. The molecule has 0 aromatic heterocycles. The maximum absolute atomic E-state index is 5.95. The van der Waals surface area contributed by atoms with E-state index in [2.05, 4.69) is 33.0 Å². The maximum Gasteiger partial charge on any atom is 0.127 e. The predicted molar refractivity (Wildman–Crippen MR) is 83.1 cm³/mol. The zero-order chi connectivity index (χ0) is 12.5. The molecule has 106 valence electrons. The van der Waals surface area contributed by atoms with Gasteiger partial charge >= 0.3 is 0 Å². The van der Waals surface area contributed by atoms with E-state index in [9.17, 15) is 0 Å². The summed E-state index contributed by atoms with van der Waals surface area (Å²) in [5.74, 6) is 1.12. The summed E-state index contributed by atoms with van der Waals surface area (Å²) >= 11 is 3.60. The molecule has 2 aliphatic heterocycles. The average Bonchev–Trinajstić information content (AvgIpc) is 2.80. The van der Waals surface area contributed by atoms with Crippen molar-refractivity contribution in [3.8, 4) is 5.75 Å². The van der Waals surface area contributed by atoms with Crippen LogP contribution in [0.2, 0.25) is 0 Å². The molecule has 2 N–H and O–H groups in total. The first-order chi connectivity index (χ1) is 8.72. The lowest BCUT2D eigenvalue weighted by molar-refractivity contribution is 0.203. The number of hydrogen-bond donors (Lipinski definition) is 1. The second kappa shape index (κ2) is 6.44. The molecule has 0 radical (unpaired) electrons. The SMILES string of the molecule is Cl.NC1CCN(Cc2cc(Br)cc3c2OCC3)CC1. The van der Waals surface area contributed by atoms with Crippen molar-refractivity contribution in [2.24, 2.45) is 5.73 Å². The third-order valence-corrected chi connectivity index (χ3v) is 4.31. The van der Waals surface area contributed by atoms with Gasteiger partial charge in [-0.3, -0.25) is 4.90 Å². The van der Waals surface area contributed by atoms with Crippen LogP contribution in [0.3, 0.4) is 0 Å². The molecule has 2 heterocycles. The highest BCUT2D eigenvalue weighted by molar-refractivity contribution is 9.10. The molecule has 1 aromatic rings. The van der Waals surface area contributed by atoms with Crippen molar-refractivity contribution in [2.45, 2.75) is 31.8 Å². The molecule has 0 atom stereocenters. The van der Waals surface area contributed by atoms with E-state index in [1.165, 1.54) is 11.1 Å². The van der Waals surface area contributed by atoms with Crippen LogP contribution >= 0.6 is 28.3 Å². The number of rotatable bonds is 2. The smallest absolute Gasteiger partial charge is 0.127 e. The van der Waals surface area contributed by atoms with Crippen LogP contribution in [0.15, 0.2) is 16.6 Å². The van der Waals surface area contributed by atoms with Crippen molar-refractivity contribution in [1.29, 1.82) is 0 Å². The van der Waals surface area contributed by atoms with E-state index in [1.807, 2.05) is 0 Å². The predicted octanol–water partition coefficient (Wildman–Crippen LogP) is 2.73. The van der Waals surface area contributed by atoms with E-state index in [4.69, 9.17) is 10.5 Å². The van der Waals surface area contributed by atoms with E-state index >= 15 is 0 Å². The van der Waals surface area contributed by atoms with Gasteiger partial charge in [0.25, 0.3) is 0 Å². The van der Waals surface area contributed by atoms with E-state index in [-0.39, 0.29) is 12.4 Å². The van der Waals surface area contributed by atoms with Crippen molar-refractivity contribution in [1.82, 2.24) is 4.90 Å². The Morgan fingerprint density at radius 2 is 2.05 bits per heavy atom. The molecular formula is C14H20BrClN2O. The highest BCUT2D eigenvalue weighted by atomic mass is 79.9. The molecule has 1 aromatic carbocycles. The fourth-order valence-electron chi connectivity index (χ4n) is 2.82. The van der Waals surface area contributed by atoms with Crippen LogP contribution in [0.4, 0.5) is 0 Å². The van der Waals surface area contributed by atoms with Gasteiger partial charge in [-0.25, -0.2) is 0 Å². The number of benzene rings is 1. The first-order valence-corrected chi connectivity index (χ1v) is 7.44. The largest absolute Gasteiger partial charge is 0.493 e. The Bertz CT molecular complexity index is 447. The standard InChI is InChI=1S/C14H19BrN2O.ClH/c15-12-7-10-3-6-18-14(10)11(8-12)9-17-4-1-13(16)2-5-17;/h7-8,13H,1-6,9,16H2;1H. The summed E-state index contributed by atoms with van der Waals surface area (Å²) in [5.41, 5.74) is 8.60. The number of nitrogens with two attached hydrogens (primary N) is 1. The summed E-state index contributed by atoms with van der Waals surface area (Å²) in [6, 6.07) is 4.77. The summed E-state index contributed by atoms with van der Waals surface area (Å²) < 4.78 is 6.94.